The highest BCUT2D eigenvalue weighted by Gasteiger charge is 2.10. The summed E-state index contributed by atoms with van der Waals surface area (Å²) in [7, 11) is -3.17. The Labute approximate surface area is 167 Å². The Bertz CT molecular complexity index is 649. The molecular weight excluding hydrogens is 457 g/mol. The maximum absolute atomic E-state index is 11.6. The number of thioether (sulfide) groups is 1. The van der Waals surface area contributed by atoms with Crippen LogP contribution in [0.4, 0.5) is 0 Å². The molecule has 0 amide bonds. The number of nitrogens with zero attached hydrogens (tertiary/aromatic N) is 1. The van der Waals surface area contributed by atoms with Crippen molar-refractivity contribution in [1.82, 2.24) is 10.6 Å². The van der Waals surface area contributed by atoms with Crippen LogP contribution >= 0.6 is 35.7 Å². The van der Waals surface area contributed by atoms with E-state index in [0.29, 0.717) is 16.7 Å². The number of rotatable bonds is 7. The maximum atomic E-state index is 11.6. The zero-order valence-corrected chi connectivity index (χ0v) is 18.9. The molecule has 138 valence electrons. The van der Waals surface area contributed by atoms with Crippen molar-refractivity contribution in [1.29, 1.82) is 0 Å². The second kappa shape index (κ2) is 11.2. The summed E-state index contributed by atoms with van der Waals surface area (Å²) >= 11 is 1.80. The van der Waals surface area contributed by atoms with Crippen LogP contribution in [-0.4, -0.2) is 45.2 Å². The van der Waals surface area contributed by atoms with Crippen molar-refractivity contribution in [3.8, 4) is 0 Å². The first-order valence-electron chi connectivity index (χ1n) is 7.62. The average molecular weight is 485 g/mol. The molecule has 1 rings (SSSR count). The van der Waals surface area contributed by atoms with E-state index < -0.39 is 9.84 Å². The molecule has 1 aromatic carbocycles. The molecule has 8 heteroatoms. The Morgan fingerprint density at radius 1 is 1.33 bits per heavy atom. The van der Waals surface area contributed by atoms with E-state index in [1.165, 1.54) is 6.26 Å². The molecule has 0 aliphatic carbocycles. The third-order valence-corrected chi connectivity index (χ3v) is 5.59. The first kappa shape index (κ1) is 23.5. The normalized spacial score (nSPS) is 13.1. The van der Waals surface area contributed by atoms with E-state index in [2.05, 4.69) is 28.8 Å². The first-order chi connectivity index (χ1) is 10.8. The highest BCUT2D eigenvalue weighted by atomic mass is 127. The lowest BCUT2D eigenvalue weighted by molar-refractivity contribution is 0.601. The number of hydrogen-bond acceptors (Lipinski definition) is 4. The minimum Gasteiger partial charge on any atom is -0.357 e. The number of hydrogen-bond donors (Lipinski definition) is 2. The van der Waals surface area contributed by atoms with Gasteiger partial charge in [0.25, 0.3) is 0 Å². The molecule has 0 aromatic heterocycles. The van der Waals surface area contributed by atoms with E-state index in [-0.39, 0.29) is 24.0 Å². The van der Waals surface area contributed by atoms with E-state index in [4.69, 9.17) is 0 Å². The number of sulfone groups is 1. The lowest BCUT2D eigenvalue weighted by atomic mass is 10.1. The largest absolute Gasteiger partial charge is 0.357 e. The SMILES string of the molecule is CCNC(=NCc1ccc(S(C)(=O)=O)c(C)c1)NCC(C)SC.I. The van der Waals surface area contributed by atoms with Crippen LogP contribution in [0.3, 0.4) is 0 Å². The molecule has 0 saturated heterocycles. The van der Waals surface area contributed by atoms with E-state index in [1.807, 2.05) is 26.0 Å². The Morgan fingerprint density at radius 3 is 2.50 bits per heavy atom. The van der Waals surface area contributed by atoms with Gasteiger partial charge in [0.2, 0.25) is 0 Å². The fourth-order valence-corrected chi connectivity index (χ4v) is 3.27. The Hall–Kier alpha value is -0.480. The summed E-state index contributed by atoms with van der Waals surface area (Å²) in [5, 5.41) is 7.04. The third kappa shape index (κ3) is 8.06. The Kier molecular flexibility index (Phi) is 11.0. The third-order valence-electron chi connectivity index (χ3n) is 3.36. The van der Waals surface area contributed by atoms with Crippen LogP contribution in [0, 0.1) is 6.92 Å². The fourth-order valence-electron chi connectivity index (χ4n) is 2.06. The van der Waals surface area contributed by atoms with Gasteiger partial charge in [-0.15, -0.1) is 24.0 Å². The molecule has 0 spiro atoms. The van der Waals surface area contributed by atoms with Gasteiger partial charge in [-0.1, -0.05) is 19.1 Å². The van der Waals surface area contributed by atoms with Gasteiger partial charge < -0.3 is 10.6 Å². The molecule has 0 aliphatic rings. The molecule has 2 N–H and O–H groups in total. The fraction of sp³-hybridized carbons (Fsp3) is 0.562. The van der Waals surface area contributed by atoms with Crippen LogP contribution in [0.5, 0.6) is 0 Å². The first-order valence-corrected chi connectivity index (χ1v) is 10.8. The van der Waals surface area contributed by atoms with Crippen molar-refractivity contribution in [2.45, 2.75) is 37.5 Å². The quantitative estimate of drug-likeness (QED) is 0.353. The number of halogens is 1. The van der Waals surface area contributed by atoms with Gasteiger partial charge in [0, 0.05) is 24.6 Å². The van der Waals surface area contributed by atoms with E-state index in [9.17, 15) is 8.42 Å². The lowest BCUT2D eigenvalue weighted by Crippen LogP contribution is -2.40. The second-order valence-corrected chi connectivity index (χ2v) is 8.75. The summed E-state index contributed by atoms with van der Waals surface area (Å²) in [5.74, 6) is 0.776. The smallest absolute Gasteiger partial charge is 0.191 e. The Balaban J connectivity index is 0.00000529. The van der Waals surface area contributed by atoms with Crippen LogP contribution in [0.1, 0.15) is 25.0 Å². The summed E-state index contributed by atoms with van der Waals surface area (Å²) in [6.45, 7) is 8.15. The topological polar surface area (TPSA) is 70.6 Å². The predicted molar refractivity (Wildman–Crippen MR) is 115 cm³/mol. The molecule has 1 atom stereocenters. The number of guanidine groups is 1. The van der Waals surface area contributed by atoms with E-state index in [1.54, 1.807) is 17.8 Å². The molecule has 24 heavy (non-hydrogen) atoms. The number of benzene rings is 1. The molecule has 1 unspecified atom stereocenters. The van der Waals surface area contributed by atoms with Crippen molar-refractivity contribution in [3.05, 3.63) is 29.3 Å². The number of nitrogens with one attached hydrogen (secondary N) is 2. The van der Waals surface area contributed by atoms with Gasteiger partial charge in [-0.2, -0.15) is 11.8 Å². The van der Waals surface area contributed by atoms with Crippen molar-refractivity contribution < 1.29 is 8.42 Å². The van der Waals surface area contributed by atoms with Gasteiger partial charge in [-0.25, -0.2) is 13.4 Å². The van der Waals surface area contributed by atoms with Crippen molar-refractivity contribution in [3.63, 3.8) is 0 Å². The molecule has 0 heterocycles. The second-order valence-electron chi connectivity index (χ2n) is 5.49. The lowest BCUT2D eigenvalue weighted by Gasteiger charge is -2.14. The highest BCUT2D eigenvalue weighted by molar-refractivity contribution is 14.0. The molecule has 0 bridgehead atoms. The maximum Gasteiger partial charge on any atom is 0.191 e. The highest BCUT2D eigenvalue weighted by Crippen LogP contribution is 2.17. The van der Waals surface area contributed by atoms with Crippen LogP contribution in [-0.2, 0) is 16.4 Å². The minimum absolute atomic E-state index is 0. The number of aliphatic imine (C=N–C) groups is 1. The van der Waals surface area contributed by atoms with Crippen LogP contribution in [0.15, 0.2) is 28.1 Å². The van der Waals surface area contributed by atoms with E-state index in [0.717, 1.165) is 30.2 Å². The molecule has 0 aliphatic heterocycles. The monoisotopic (exact) mass is 485 g/mol. The summed E-state index contributed by atoms with van der Waals surface area (Å²) in [6.07, 6.45) is 3.32. The van der Waals surface area contributed by atoms with E-state index >= 15 is 0 Å². The summed E-state index contributed by atoms with van der Waals surface area (Å²) in [5.41, 5.74) is 1.75. The van der Waals surface area contributed by atoms with Crippen LogP contribution in [0.25, 0.3) is 0 Å². The molecule has 0 radical (unpaired) electrons. The van der Waals surface area contributed by atoms with Crippen LogP contribution in [0.2, 0.25) is 0 Å². The Morgan fingerprint density at radius 2 is 2.00 bits per heavy atom. The van der Waals surface area contributed by atoms with Crippen molar-refractivity contribution in [2.75, 3.05) is 25.6 Å². The van der Waals surface area contributed by atoms with Gasteiger partial charge in [0.1, 0.15) is 0 Å². The van der Waals surface area contributed by atoms with Crippen molar-refractivity contribution in [2.24, 2.45) is 4.99 Å². The van der Waals surface area contributed by atoms with Crippen LogP contribution < -0.4 is 10.6 Å². The molecule has 0 saturated carbocycles. The van der Waals surface area contributed by atoms with Gasteiger partial charge in [-0.3, -0.25) is 0 Å². The summed E-state index contributed by atoms with van der Waals surface area (Å²) < 4.78 is 23.3. The molecule has 5 nitrogen and oxygen atoms in total. The molecular formula is C16H28IN3O2S2. The molecule has 0 fully saturated rings. The van der Waals surface area contributed by atoms with Crippen molar-refractivity contribution >= 4 is 51.5 Å². The summed E-state index contributed by atoms with van der Waals surface area (Å²) in [6, 6.07) is 5.36. The number of aryl methyl sites for hydroxylation is 1. The molecule has 1 aromatic rings. The zero-order chi connectivity index (χ0) is 17.5. The average Bonchev–Trinajstić information content (AvgIpc) is 2.48. The zero-order valence-electron chi connectivity index (χ0n) is 14.9. The summed E-state index contributed by atoms with van der Waals surface area (Å²) in [4.78, 5) is 4.94. The van der Waals surface area contributed by atoms with Gasteiger partial charge >= 0.3 is 0 Å². The van der Waals surface area contributed by atoms with Gasteiger partial charge in [0.05, 0.1) is 11.4 Å². The van der Waals surface area contributed by atoms with Gasteiger partial charge in [-0.05, 0) is 37.3 Å². The predicted octanol–water partition coefficient (Wildman–Crippen LogP) is 2.82. The van der Waals surface area contributed by atoms with Gasteiger partial charge in [0.15, 0.2) is 15.8 Å². The standard InChI is InChI=1S/C16H27N3O2S2.HI/c1-6-17-16(18-10-13(3)22-4)19-11-14-7-8-15(12(2)9-14)23(5,20)21;/h7-9,13H,6,10-11H2,1-5H3,(H2,17,18,19);1H. The minimum atomic E-state index is -3.17.